The SMILES string of the molecule is CC(=O)N[C@@H](CC(=O)N1CC[NH+](Cc2cccc(C)c2)CC1)c1ccccc1. The summed E-state index contributed by atoms with van der Waals surface area (Å²) in [5.41, 5.74) is 3.61. The van der Waals surface area contributed by atoms with Crippen molar-refractivity contribution in [2.75, 3.05) is 26.2 Å². The Morgan fingerprint density at radius 2 is 1.79 bits per heavy atom. The average Bonchev–Trinajstić information content (AvgIpc) is 2.68. The van der Waals surface area contributed by atoms with E-state index in [-0.39, 0.29) is 17.9 Å². The number of benzene rings is 2. The summed E-state index contributed by atoms with van der Waals surface area (Å²) in [6.07, 6.45) is 0.302. The van der Waals surface area contributed by atoms with Crippen molar-refractivity contribution < 1.29 is 14.5 Å². The van der Waals surface area contributed by atoms with Crippen LogP contribution in [0.3, 0.4) is 0 Å². The zero-order chi connectivity index (χ0) is 19.9. The topological polar surface area (TPSA) is 53.9 Å². The number of carbonyl (C=O) groups is 2. The van der Waals surface area contributed by atoms with Gasteiger partial charge in [0, 0.05) is 12.5 Å². The number of hydrogen-bond donors (Lipinski definition) is 2. The minimum Gasteiger partial charge on any atom is -0.349 e. The van der Waals surface area contributed by atoms with Crippen molar-refractivity contribution in [2.24, 2.45) is 0 Å². The third-order valence-corrected chi connectivity index (χ3v) is 5.32. The molecule has 0 saturated carbocycles. The highest BCUT2D eigenvalue weighted by Crippen LogP contribution is 2.18. The molecule has 5 nitrogen and oxygen atoms in total. The summed E-state index contributed by atoms with van der Waals surface area (Å²) in [5, 5.41) is 2.92. The summed E-state index contributed by atoms with van der Waals surface area (Å²) in [5.74, 6) is -0.00807. The fraction of sp³-hybridized carbons (Fsp3) is 0.391. The van der Waals surface area contributed by atoms with E-state index in [1.165, 1.54) is 23.0 Å². The predicted octanol–water partition coefficient (Wildman–Crippen LogP) is 1.49. The lowest BCUT2D eigenvalue weighted by molar-refractivity contribution is -0.917. The van der Waals surface area contributed by atoms with E-state index in [0.717, 1.165) is 38.3 Å². The lowest BCUT2D eigenvalue weighted by Gasteiger charge is -2.33. The minimum absolute atomic E-state index is 0.109. The van der Waals surface area contributed by atoms with Gasteiger partial charge in [0.2, 0.25) is 11.8 Å². The Hall–Kier alpha value is -2.66. The molecule has 0 unspecified atom stereocenters. The smallest absolute Gasteiger partial charge is 0.225 e. The van der Waals surface area contributed by atoms with Crippen LogP contribution in [0.15, 0.2) is 54.6 Å². The Kier molecular flexibility index (Phi) is 6.82. The van der Waals surface area contributed by atoms with Crippen molar-refractivity contribution >= 4 is 11.8 Å². The van der Waals surface area contributed by atoms with Gasteiger partial charge in [0.1, 0.15) is 6.54 Å². The number of aryl methyl sites for hydroxylation is 1. The van der Waals surface area contributed by atoms with Gasteiger partial charge in [-0.25, -0.2) is 0 Å². The fourth-order valence-electron chi connectivity index (χ4n) is 3.85. The maximum atomic E-state index is 12.8. The van der Waals surface area contributed by atoms with E-state index in [9.17, 15) is 9.59 Å². The molecule has 0 spiro atoms. The Morgan fingerprint density at radius 1 is 1.07 bits per heavy atom. The van der Waals surface area contributed by atoms with Crippen molar-refractivity contribution in [3.05, 3.63) is 71.3 Å². The van der Waals surface area contributed by atoms with E-state index < -0.39 is 0 Å². The first kappa shape index (κ1) is 20.1. The van der Waals surface area contributed by atoms with Crippen LogP contribution >= 0.6 is 0 Å². The molecule has 1 saturated heterocycles. The highest BCUT2D eigenvalue weighted by atomic mass is 16.2. The summed E-state index contributed by atoms with van der Waals surface area (Å²) in [7, 11) is 0. The second-order valence-corrected chi connectivity index (χ2v) is 7.66. The number of hydrogen-bond acceptors (Lipinski definition) is 2. The molecule has 1 atom stereocenters. The quantitative estimate of drug-likeness (QED) is 0.798. The molecular formula is C23H30N3O2+. The van der Waals surface area contributed by atoms with Gasteiger partial charge in [-0.3, -0.25) is 9.59 Å². The molecule has 5 heteroatoms. The van der Waals surface area contributed by atoms with Gasteiger partial charge in [-0.2, -0.15) is 0 Å². The van der Waals surface area contributed by atoms with Crippen LogP contribution in [0.4, 0.5) is 0 Å². The van der Waals surface area contributed by atoms with Gasteiger partial charge in [0.25, 0.3) is 0 Å². The molecule has 2 amide bonds. The van der Waals surface area contributed by atoms with Gasteiger partial charge in [-0.1, -0.05) is 60.2 Å². The van der Waals surface area contributed by atoms with Crippen molar-refractivity contribution in [1.82, 2.24) is 10.2 Å². The zero-order valence-electron chi connectivity index (χ0n) is 16.8. The Labute approximate surface area is 167 Å². The molecular weight excluding hydrogens is 350 g/mol. The highest BCUT2D eigenvalue weighted by Gasteiger charge is 2.26. The maximum Gasteiger partial charge on any atom is 0.225 e. The summed E-state index contributed by atoms with van der Waals surface area (Å²) in [4.78, 5) is 27.9. The Balaban J connectivity index is 1.54. The van der Waals surface area contributed by atoms with Crippen LogP contribution in [0.2, 0.25) is 0 Å². The summed E-state index contributed by atoms with van der Waals surface area (Å²) in [6, 6.07) is 18.1. The molecule has 0 bridgehead atoms. The van der Waals surface area contributed by atoms with Gasteiger partial charge in [0.15, 0.2) is 0 Å². The van der Waals surface area contributed by atoms with Gasteiger partial charge >= 0.3 is 0 Å². The number of nitrogens with zero attached hydrogens (tertiary/aromatic N) is 1. The number of nitrogens with one attached hydrogen (secondary N) is 2. The molecule has 3 rings (SSSR count). The van der Waals surface area contributed by atoms with E-state index in [1.54, 1.807) is 0 Å². The van der Waals surface area contributed by atoms with E-state index in [2.05, 4.69) is 36.5 Å². The van der Waals surface area contributed by atoms with E-state index in [0.29, 0.717) is 6.42 Å². The third kappa shape index (κ3) is 5.67. The van der Waals surface area contributed by atoms with Gasteiger partial charge in [0.05, 0.1) is 38.6 Å². The number of carbonyl (C=O) groups excluding carboxylic acids is 2. The number of quaternary nitrogens is 1. The number of piperazine rings is 1. The second kappa shape index (κ2) is 9.51. The van der Waals surface area contributed by atoms with Gasteiger partial charge in [-0.05, 0) is 12.5 Å². The Morgan fingerprint density at radius 3 is 2.43 bits per heavy atom. The molecule has 1 aliphatic heterocycles. The first-order chi connectivity index (χ1) is 13.5. The molecule has 2 N–H and O–H groups in total. The van der Waals surface area contributed by atoms with E-state index >= 15 is 0 Å². The van der Waals surface area contributed by atoms with Crippen molar-refractivity contribution in [1.29, 1.82) is 0 Å². The minimum atomic E-state index is -0.274. The largest absolute Gasteiger partial charge is 0.349 e. The summed E-state index contributed by atoms with van der Waals surface area (Å²) >= 11 is 0. The molecule has 0 aromatic heterocycles. The molecule has 1 fully saturated rings. The predicted molar refractivity (Wildman–Crippen MR) is 110 cm³/mol. The van der Waals surface area contributed by atoms with E-state index in [1.807, 2.05) is 35.2 Å². The number of rotatable bonds is 6. The lowest BCUT2D eigenvalue weighted by Crippen LogP contribution is -3.13. The first-order valence-corrected chi connectivity index (χ1v) is 10.00. The van der Waals surface area contributed by atoms with Crippen LogP contribution in [0, 0.1) is 6.92 Å². The maximum absolute atomic E-state index is 12.8. The molecule has 148 valence electrons. The van der Waals surface area contributed by atoms with Gasteiger partial charge < -0.3 is 15.1 Å². The lowest BCUT2D eigenvalue weighted by atomic mass is 10.0. The fourth-order valence-corrected chi connectivity index (χ4v) is 3.85. The Bertz CT molecular complexity index is 799. The van der Waals surface area contributed by atoms with Crippen molar-refractivity contribution in [2.45, 2.75) is 32.9 Å². The van der Waals surface area contributed by atoms with Crippen LogP contribution < -0.4 is 10.2 Å². The van der Waals surface area contributed by atoms with E-state index in [4.69, 9.17) is 0 Å². The van der Waals surface area contributed by atoms with Crippen LogP contribution in [0.25, 0.3) is 0 Å². The van der Waals surface area contributed by atoms with Crippen LogP contribution in [-0.2, 0) is 16.1 Å². The van der Waals surface area contributed by atoms with Crippen LogP contribution in [-0.4, -0.2) is 42.9 Å². The monoisotopic (exact) mass is 380 g/mol. The summed E-state index contributed by atoms with van der Waals surface area (Å²) in [6.45, 7) is 8.05. The van der Waals surface area contributed by atoms with Crippen LogP contribution in [0.5, 0.6) is 0 Å². The molecule has 2 aromatic rings. The molecule has 2 aromatic carbocycles. The normalized spacial score (nSPS) is 15.9. The zero-order valence-corrected chi connectivity index (χ0v) is 16.8. The molecule has 28 heavy (non-hydrogen) atoms. The van der Waals surface area contributed by atoms with Gasteiger partial charge in [-0.15, -0.1) is 0 Å². The average molecular weight is 381 g/mol. The first-order valence-electron chi connectivity index (χ1n) is 10.00. The second-order valence-electron chi connectivity index (χ2n) is 7.66. The standard InChI is InChI=1S/C23H29N3O2/c1-18-7-6-8-20(15-18)17-25-11-13-26(14-12-25)23(28)16-22(24-19(2)27)21-9-4-3-5-10-21/h3-10,15,22H,11-14,16-17H2,1-2H3,(H,24,27)/p+1/t22-/m0/s1. The highest BCUT2D eigenvalue weighted by molar-refractivity contribution is 5.79. The molecule has 1 aliphatic rings. The third-order valence-electron chi connectivity index (χ3n) is 5.32. The van der Waals surface area contributed by atoms with Crippen LogP contribution in [0.1, 0.15) is 36.1 Å². The van der Waals surface area contributed by atoms with Crippen molar-refractivity contribution in [3.63, 3.8) is 0 Å². The molecule has 0 aliphatic carbocycles. The number of amides is 2. The van der Waals surface area contributed by atoms with Crippen molar-refractivity contribution in [3.8, 4) is 0 Å². The molecule has 1 heterocycles. The summed E-state index contributed by atoms with van der Waals surface area (Å²) < 4.78 is 0. The molecule has 0 radical (unpaired) electrons.